The van der Waals surface area contributed by atoms with Crippen LogP contribution in [0.25, 0.3) is 0 Å². The van der Waals surface area contributed by atoms with Crippen molar-refractivity contribution in [3.05, 3.63) is 29.8 Å². The number of thioether (sulfide) groups is 1. The molecule has 2 nitrogen and oxygen atoms in total. The van der Waals surface area contributed by atoms with E-state index in [1.165, 1.54) is 0 Å². The van der Waals surface area contributed by atoms with E-state index in [4.69, 9.17) is 4.74 Å². The molecule has 0 atom stereocenters. The molecule has 0 bridgehead atoms. The Kier molecular flexibility index (Phi) is 3.22. The Balaban J connectivity index is 2.26. The van der Waals surface area contributed by atoms with E-state index in [9.17, 15) is 5.11 Å². The van der Waals surface area contributed by atoms with E-state index in [0.29, 0.717) is 0 Å². The quantitative estimate of drug-likeness (QED) is 0.836. The molecule has 1 heterocycles. The van der Waals surface area contributed by atoms with Gasteiger partial charge in [-0.1, -0.05) is 12.1 Å². The Morgan fingerprint density at radius 1 is 1.33 bits per heavy atom. The van der Waals surface area contributed by atoms with Gasteiger partial charge in [-0.3, -0.25) is 0 Å². The molecule has 1 fully saturated rings. The Bertz CT molecular complexity index is 332. The van der Waals surface area contributed by atoms with Gasteiger partial charge in [0.25, 0.3) is 0 Å². The van der Waals surface area contributed by atoms with Crippen LogP contribution in [0.5, 0.6) is 5.75 Å². The van der Waals surface area contributed by atoms with Crippen molar-refractivity contribution in [2.75, 3.05) is 18.6 Å². The van der Waals surface area contributed by atoms with Crippen LogP contribution in [0.1, 0.15) is 18.4 Å². The normalized spacial score (nSPS) is 19.9. The Hall–Kier alpha value is -0.670. The van der Waals surface area contributed by atoms with Gasteiger partial charge in [-0.25, -0.2) is 0 Å². The monoisotopic (exact) mass is 224 g/mol. The molecule has 1 aliphatic rings. The highest BCUT2D eigenvalue weighted by molar-refractivity contribution is 7.99. The third kappa shape index (κ3) is 2.29. The second kappa shape index (κ2) is 4.45. The minimum absolute atomic E-state index is 0.639. The fourth-order valence-corrected chi connectivity index (χ4v) is 3.08. The maximum atomic E-state index is 10.5. The van der Waals surface area contributed by atoms with E-state index in [2.05, 4.69) is 0 Å². The molecular weight excluding hydrogens is 208 g/mol. The highest BCUT2D eigenvalue weighted by atomic mass is 32.2. The van der Waals surface area contributed by atoms with Crippen molar-refractivity contribution in [3.63, 3.8) is 0 Å². The summed E-state index contributed by atoms with van der Waals surface area (Å²) in [5, 5.41) is 10.5. The first-order chi connectivity index (χ1) is 7.24. The van der Waals surface area contributed by atoms with Crippen molar-refractivity contribution in [3.8, 4) is 5.75 Å². The van der Waals surface area contributed by atoms with Crippen molar-refractivity contribution < 1.29 is 9.84 Å². The smallest absolute Gasteiger partial charge is 0.119 e. The van der Waals surface area contributed by atoms with Gasteiger partial charge in [0.2, 0.25) is 0 Å². The highest BCUT2D eigenvalue weighted by Gasteiger charge is 2.31. The molecule has 0 aromatic heterocycles. The molecule has 82 valence electrons. The van der Waals surface area contributed by atoms with Gasteiger partial charge < -0.3 is 9.84 Å². The summed E-state index contributed by atoms with van der Waals surface area (Å²) < 4.78 is 5.17. The fourth-order valence-electron chi connectivity index (χ4n) is 1.91. The van der Waals surface area contributed by atoms with Gasteiger partial charge in [0, 0.05) is 0 Å². The molecule has 0 unspecified atom stereocenters. The summed E-state index contributed by atoms with van der Waals surface area (Å²) in [6, 6.07) is 7.77. The van der Waals surface area contributed by atoms with Gasteiger partial charge in [-0.05, 0) is 42.0 Å². The van der Waals surface area contributed by atoms with E-state index >= 15 is 0 Å². The van der Waals surface area contributed by atoms with Crippen molar-refractivity contribution >= 4 is 11.8 Å². The minimum Gasteiger partial charge on any atom is -0.497 e. The van der Waals surface area contributed by atoms with E-state index in [1.54, 1.807) is 7.11 Å². The lowest BCUT2D eigenvalue weighted by molar-refractivity contribution is 0.0279. The second-order valence-corrected chi connectivity index (χ2v) is 5.10. The van der Waals surface area contributed by atoms with Gasteiger partial charge in [0.1, 0.15) is 5.75 Å². The first kappa shape index (κ1) is 10.8. The average Bonchev–Trinajstić information content (AvgIpc) is 2.30. The Morgan fingerprint density at radius 3 is 2.73 bits per heavy atom. The lowest BCUT2D eigenvalue weighted by atomic mass is 9.88. The van der Waals surface area contributed by atoms with Crippen LogP contribution < -0.4 is 4.74 Å². The van der Waals surface area contributed by atoms with E-state index < -0.39 is 5.60 Å². The van der Waals surface area contributed by atoms with Crippen LogP contribution >= 0.6 is 11.8 Å². The molecule has 1 aromatic carbocycles. The lowest BCUT2D eigenvalue weighted by Crippen LogP contribution is -2.30. The van der Waals surface area contributed by atoms with Crippen LogP contribution in [-0.2, 0) is 5.60 Å². The average molecular weight is 224 g/mol. The van der Waals surface area contributed by atoms with Crippen molar-refractivity contribution in [2.45, 2.75) is 18.4 Å². The summed E-state index contributed by atoms with van der Waals surface area (Å²) in [5.74, 6) is 2.89. The minimum atomic E-state index is -0.639. The zero-order valence-corrected chi connectivity index (χ0v) is 9.72. The number of hydrogen-bond donors (Lipinski definition) is 1. The molecule has 0 amide bonds. The third-order valence-electron chi connectivity index (χ3n) is 2.93. The topological polar surface area (TPSA) is 29.5 Å². The van der Waals surface area contributed by atoms with E-state index in [0.717, 1.165) is 35.7 Å². The van der Waals surface area contributed by atoms with Gasteiger partial charge in [-0.15, -0.1) is 0 Å². The summed E-state index contributed by atoms with van der Waals surface area (Å²) in [6.07, 6.45) is 1.68. The van der Waals surface area contributed by atoms with Crippen LogP contribution in [0.4, 0.5) is 0 Å². The maximum absolute atomic E-state index is 10.5. The molecule has 1 aliphatic heterocycles. The van der Waals surface area contributed by atoms with Crippen LogP contribution in [0, 0.1) is 0 Å². The number of aliphatic hydroxyl groups is 1. The predicted molar refractivity (Wildman–Crippen MR) is 63.4 cm³/mol. The van der Waals surface area contributed by atoms with Crippen molar-refractivity contribution in [1.29, 1.82) is 0 Å². The molecule has 1 saturated heterocycles. The van der Waals surface area contributed by atoms with Crippen LogP contribution in [0.3, 0.4) is 0 Å². The van der Waals surface area contributed by atoms with E-state index in [-0.39, 0.29) is 0 Å². The molecule has 0 saturated carbocycles. The van der Waals surface area contributed by atoms with Crippen LogP contribution in [0.2, 0.25) is 0 Å². The van der Waals surface area contributed by atoms with Crippen molar-refractivity contribution in [2.24, 2.45) is 0 Å². The zero-order chi connectivity index (χ0) is 10.7. The summed E-state index contributed by atoms with van der Waals surface area (Å²) in [6.45, 7) is 0. The third-order valence-corrected chi connectivity index (χ3v) is 3.91. The van der Waals surface area contributed by atoms with E-state index in [1.807, 2.05) is 36.0 Å². The molecule has 0 aliphatic carbocycles. The van der Waals surface area contributed by atoms with Gasteiger partial charge in [0.05, 0.1) is 12.7 Å². The molecule has 2 rings (SSSR count). The first-order valence-corrected chi connectivity index (χ1v) is 6.35. The number of ether oxygens (including phenoxy) is 1. The first-order valence-electron chi connectivity index (χ1n) is 5.19. The van der Waals surface area contributed by atoms with Gasteiger partial charge in [0.15, 0.2) is 0 Å². The zero-order valence-electron chi connectivity index (χ0n) is 8.90. The molecule has 1 N–H and O–H groups in total. The lowest BCUT2D eigenvalue weighted by Gasteiger charge is -2.32. The molecule has 1 aromatic rings. The number of rotatable bonds is 2. The maximum Gasteiger partial charge on any atom is 0.119 e. The van der Waals surface area contributed by atoms with Crippen LogP contribution in [-0.4, -0.2) is 23.7 Å². The molecule has 15 heavy (non-hydrogen) atoms. The second-order valence-electron chi connectivity index (χ2n) is 3.88. The summed E-state index contributed by atoms with van der Waals surface area (Å²) >= 11 is 1.91. The van der Waals surface area contributed by atoms with Crippen molar-refractivity contribution in [1.82, 2.24) is 0 Å². The number of benzene rings is 1. The van der Waals surface area contributed by atoms with Gasteiger partial charge >= 0.3 is 0 Å². The Morgan fingerprint density at radius 2 is 2.07 bits per heavy atom. The fraction of sp³-hybridized carbons (Fsp3) is 0.500. The standard InChI is InChI=1S/C12H16O2S/c1-14-11-4-2-3-10(9-11)12(13)5-7-15-8-6-12/h2-4,9,13H,5-8H2,1H3. The summed E-state index contributed by atoms with van der Waals surface area (Å²) in [7, 11) is 1.65. The molecular formula is C12H16O2S. The number of hydrogen-bond acceptors (Lipinski definition) is 3. The summed E-state index contributed by atoms with van der Waals surface area (Å²) in [4.78, 5) is 0. The highest BCUT2D eigenvalue weighted by Crippen LogP contribution is 2.36. The van der Waals surface area contributed by atoms with Crippen LogP contribution in [0.15, 0.2) is 24.3 Å². The molecule has 0 radical (unpaired) electrons. The van der Waals surface area contributed by atoms with Gasteiger partial charge in [-0.2, -0.15) is 11.8 Å². The Labute approximate surface area is 94.6 Å². The largest absolute Gasteiger partial charge is 0.497 e. The molecule has 3 heteroatoms. The molecule has 0 spiro atoms. The predicted octanol–water partition coefficient (Wildman–Crippen LogP) is 2.41. The summed E-state index contributed by atoms with van der Waals surface area (Å²) in [5.41, 5.74) is 0.349. The SMILES string of the molecule is COc1cccc(C2(O)CCSCC2)c1. The number of methoxy groups -OCH3 is 1.